The number of hydrogen-bond donors (Lipinski definition) is 0. The monoisotopic (exact) mass is 338 g/mol. The third-order valence-corrected chi connectivity index (χ3v) is 5.36. The molecule has 0 spiro atoms. The summed E-state index contributed by atoms with van der Waals surface area (Å²) in [4.78, 5) is 0. The van der Waals surface area contributed by atoms with Crippen molar-refractivity contribution in [1.29, 1.82) is 0 Å². The Hall–Kier alpha value is -1.80. The van der Waals surface area contributed by atoms with Gasteiger partial charge in [-0.1, -0.05) is 69.2 Å². The maximum absolute atomic E-state index is 6.27. The molecule has 0 bridgehead atoms. The van der Waals surface area contributed by atoms with Crippen molar-refractivity contribution < 1.29 is 9.47 Å². The first-order valence-corrected chi connectivity index (χ1v) is 9.68. The van der Waals surface area contributed by atoms with Crippen molar-refractivity contribution in [3.63, 3.8) is 0 Å². The lowest BCUT2D eigenvalue weighted by atomic mass is 9.99. The molecule has 1 aliphatic rings. The van der Waals surface area contributed by atoms with E-state index in [-0.39, 0.29) is 6.29 Å². The fourth-order valence-electron chi connectivity index (χ4n) is 3.49. The predicted octanol–water partition coefficient (Wildman–Crippen LogP) is 6.31. The summed E-state index contributed by atoms with van der Waals surface area (Å²) in [5.41, 5.74) is 2.57. The molecule has 25 heavy (non-hydrogen) atoms. The van der Waals surface area contributed by atoms with Crippen LogP contribution in [0, 0.1) is 5.92 Å². The van der Waals surface area contributed by atoms with Crippen molar-refractivity contribution >= 4 is 0 Å². The Morgan fingerprint density at radius 3 is 2.28 bits per heavy atom. The molecule has 0 amide bonds. The summed E-state index contributed by atoms with van der Waals surface area (Å²) < 4.78 is 12.5. The Morgan fingerprint density at radius 1 is 0.960 bits per heavy atom. The van der Waals surface area contributed by atoms with Gasteiger partial charge in [0, 0.05) is 5.92 Å². The second-order valence-electron chi connectivity index (χ2n) is 7.21. The molecule has 1 saturated carbocycles. The molecule has 1 aliphatic carbocycles. The summed E-state index contributed by atoms with van der Waals surface area (Å²) >= 11 is 0. The van der Waals surface area contributed by atoms with Crippen LogP contribution in [0.5, 0.6) is 5.75 Å². The minimum Gasteiger partial charge on any atom is -0.465 e. The number of hydrogen-bond acceptors (Lipinski definition) is 2. The van der Waals surface area contributed by atoms with Crippen LogP contribution in [0.2, 0.25) is 0 Å². The van der Waals surface area contributed by atoms with Gasteiger partial charge in [0.2, 0.25) is 6.29 Å². The van der Waals surface area contributed by atoms with E-state index in [0.29, 0.717) is 18.4 Å². The molecule has 0 radical (unpaired) electrons. The highest BCUT2D eigenvalue weighted by atomic mass is 16.7. The van der Waals surface area contributed by atoms with E-state index in [1.54, 1.807) is 0 Å². The van der Waals surface area contributed by atoms with Crippen molar-refractivity contribution in [2.75, 3.05) is 0 Å². The average molecular weight is 338 g/mol. The van der Waals surface area contributed by atoms with Crippen LogP contribution in [0.25, 0.3) is 0 Å². The van der Waals surface area contributed by atoms with Gasteiger partial charge < -0.3 is 9.47 Å². The summed E-state index contributed by atoms with van der Waals surface area (Å²) in [6.45, 7) is 5.09. The molecule has 0 aliphatic heterocycles. The van der Waals surface area contributed by atoms with Crippen LogP contribution in [0.15, 0.2) is 54.6 Å². The highest BCUT2D eigenvalue weighted by Crippen LogP contribution is 2.32. The Labute approximate surface area is 152 Å². The molecule has 1 fully saturated rings. The fraction of sp³-hybridized carbons (Fsp3) is 0.478. The largest absolute Gasteiger partial charge is 0.465 e. The molecular formula is C23H30O2. The third kappa shape index (κ3) is 5.09. The summed E-state index contributed by atoms with van der Waals surface area (Å²) in [6, 6.07) is 18.9. The molecule has 2 nitrogen and oxygen atoms in total. The maximum atomic E-state index is 6.27. The first-order valence-electron chi connectivity index (χ1n) is 9.68. The van der Waals surface area contributed by atoms with Gasteiger partial charge in [-0.25, -0.2) is 0 Å². The third-order valence-electron chi connectivity index (χ3n) is 5.36. The SMILES string of the molecule is CCC(C)c1ccc(OC(OCc2ccccc2)C2CCCC2)cc1. The number of rotatable bonds is 8. The van der Waals surface area contributed by atoms with Crippen LogP contribution >= 0.6 is 0 Å². The quantitative estimate of drug-likeness (QED) is 0.525. The van der Waals surface area contributed by atoms with Gasteiger partial charge in [-0.2, -0.15) is 0 Å². The molecule has 2 unspecified atom stereocenters. The summed E-state index contributed by atoms with van der Waals surface area (Å²) in [6.07, 6.45) is 5.97. The highest BCUT2D eigenvalue weighted by Gasteiger charge is 2.27. The zero-order valence-electron chi connectivity index (χ0n) is 15.5. The molecule has 134 valence electrons. The molecule has 0 saturated heterocycles. The molecule has 2 atom stereocenters. The molecule has 0 N–H and O–H groups in total. The summed E-state index contributed by atoms with van der Waals surface area (Å²) in [7, 11) is 0. The first-order chi connectivity index (χ1) is 12.3. The van der Waals surface area contributed by atoms with Crippen LogP contribution < -0.4 is 4.74 Å². The lowest BCUT2D eigenvalue weighted by Gasteiger charge is -2.25. The zero-order valence-corrected chi connectivity index (χ0v) is 15.5. The Balaban J connectivity index is 1.64. The normalized spacial score (nSPS) is 17.4. The predicted molar refractivity (Wildman–Crippen MR) is 103 cm³/mol. The molecule has 2 heteroatoms. The van der Waals surface area contributed by atoms with Crippen LogP contribution in [0.3, 0.4) is 0 Å². The van der Waals surface area contributed by atoms with Crippen molar-refractivity contribution in [3.8, 4) is 5.75 Å². The van der Waals surface area contributed by atoms with Crippen molar-refractivity contribution in [3.05, 3.63) is 65.7 Å². The van der Waals surface area contributed by atoms with Gasteiger partial charge in [0.25, 0.3) is 0 Å². The van der Waals surface area contributed by atoms with Gasteiger partial charge >= 0.3 is 0 Å². The minimum absolute atomic E-state index is 0.155. The minimum atomic E-state index is -0.155. The van der Waals surface area contributed by atoms with Gasteiger partial charge in [0.15, 0.2) is 0 Å². The number of ether oxygens (including phenoxy) is 2. The van der Waals surface area contributed by atoms with Gasteiger partial charge in [0.1, 0.15) is 5.75 Å². The molecule has 2 aromatic rings. The van der Waals surface area contributed by atoms with Crippen LogP contribution in [-0.2, 0) is 11.3 Å². The van der Waals surface area contributed by atoms with E-state index >= 15 is 0 Å². The number of benzene rings is 2. The van der Waals surface area contributed by atoms with Crippen molar-refractivity contribution in [2.24, 2.45) is 5.92 Å². The van der Waals surface area contributed by atoms with Crippen molar-refractivity contribution in [2.45, 2.75) is 64.8 Å². The van der Waals surface area contributed by atoms with E-state index in [4.69, 9.17) is 9.47 Å². The second-order valence-corrected chi connectivity index (χ2v) is 7.21. The Kier molecular flexibility index (Phi) is 6.52. The van der Waals surface area contributed by atoms with Gasteiger partial charge in [-0.05, 0) is 48.4 Å². The topological polar surface area (TPSA) is 18.5 Å². The second kappa shape index (κ2) is 9.05. The van der Waals surface area contributed by atoms with Crippen LogP contribution in [0.1, 0.15) is 63.0 Å². The van der Waals surface area contributed by atoms with E-state index in [9.17, 15) is 0 Å². The van der Waals surface area contributed by atoms with E-state index in [1.165, 1.54) is 36.8 Å². The van der Waals surface area contributed by atoms with Crippen LogP contribution in [0.4, 0.5) is 0 Å². The molecule has 2 aromatic carbocycles. The Morgan fingerprint density at radius 2 is 1.64 bits per heavy atom. The van der Waals surface area contributed by atoms with Gasteiger partial charge in [-0.15, -0.1) is 0 Å². The summed E-state index contributed by atoms with van der Waals surface area (Å²) in [5.74, 6) is 2.00. The first kappa shape index (κ1) is 18.0. The van der Waals surface area contributed by atoms with E-state index in [1.807, 2.05) is 6.07 Å². The van der Waals surface area contributed by atoms with Gasteiger partial charge in [-0.3, -0.25) is 0 Å². The highest BCUT2D eigenvalue weighted by molar-refractivity contribution is 5.29. The van der Waals surface area contributed by atoms with Crippen molar-refractivity contribution in [1.82, 2.24) is 0 Å². The lowest BCUT2D eigenvalue weighted by molar-refractivity contribution is -0.122. The van der Waals surface area contributed by atoms with E-state index < -0.39 is 0 Å². The molecule has 3 rings (SSSR count). The zero-order chi connectivity index (χ0) is 17.5. The molecule has 0 aromatic heterocycles. The van der Waals surface area contributed by atoms with E-state index in [0.717, 1.165) is 12.2 Å². The molecule has 0 heterocycles. The Bertz CT molecular complexity index is 614. The van der Waals surface area contributed by atoms with E-state index in [2.05, 4.69) is 62.4 Å². The average Bonchev–Trinajstić information content (AvgIpc) is 3.20. The standard InChI is InChI=1S/C23H30O2/c1-3-18(2)20-13-15-22(16-14-20)25-23(21-11-7-8-12-21)24-17-19-9-5-4-6-10-19/h4-6,9-10,13-16,18,21,23H,3,7-8,11-12,17H2,1-2H3. The molecular weight excluding hydrogens is 308 g/mol. The van der Waals surface area contributed by atoms with Gasteiger partial charge in [0.05, 0.1) is 6.61 Å². The lowest BCUT2D eigenvalue weighted by Crippen LogP contribution is -2.28. The van der Waals surface area contributed by atoms with Crippen LogP contribution in [-0.4, -0.2) is 6.29 Å². The smallest absolute Gasteiger partial charge is 0.202 e. The maximum Gasteiger partial charge on any atom is 0.202 e. The summed E-state index contributed by atoms with van der Waals surface area (Å²) in [5, 5.41) is 0. The fourth-order valence-corrected chi connectivity index (χ4v) is 3.49.